The molecule has 3 rings (SSSR count). The number of carboxylic acid groups (broad SMARTS) is 1. The predicted octanol–water partition coefficient (Wildman–Crippen LogP) is -0.283. The minimum atomic E-state index is -1.65. The van der Waals surface area contributed by atoms with Crippen molar-refractivity contribution in [2.75, 3.05) is 6.61 Å². The van der Waals surface area contributed by atoms with Gasteiger partial charge in [-0.2, -0.15) is 0 Å². The minimum absolute atomic E-state index is 0.0763. The summed E-state index contributed by atoms with van der Waals surface area (Å²) >= 11 is 0. The number of rotatable bonds is 4. The van der Waals surface area contributed by atoms with Crippen LogP contribution in [0.4, 0.5) is 0 Å². The smallest absolute Gasteiger partial charge is 0.340 e. The van der Waals surface area contributed by atoms with E-state index in [1.54, 1.807) is 30.3 Å². The fraction of sp³-hybridized carbons (Fsp3) is 0.353. The third-order valence-corrected chi connectivity index (χ3v) is 4.21. The highest BCUT2D eigenvalue weighted by Crippen LogP contribution is 2.31. The van der Waals surface area contributed by atoms with Crippen molar-refractivity contribution in [1.29, 1.82) is 0 Å². The van der Waals surface area contributed by atoms with Gasteiger partial charge in [-0.05, 0) is 16.8 Å². The molecule has 134 valence electrons. The first-order valence-electron chi connectivity index (χ1n) is 7.66. The minimum Gasteiger partial charge on any atom is -0.481 e. The molecule has 0 radical (unpaired) electrons. The molecule has 5 N–H and O–H groups in total. The highest BCUT2D eigenvalue weighted by molar-refractivity contribution is 6.06. The second-order valence-corrected chi connectivity index (χ2v) is 5.78. The summed E-state index contributed by atoms with van der Waals surface area (Å²) < 4.78 is 10.5. The van der Waals surface area contributed by atoms with Crippen LogP contribution in [-0.4, -0.2) is 68.8 Å². The van der Waals surface area contributed by atoms with Crippen molar-refractivity contribution < 1.29 is 39.8 Å². The molecule has 1 aliphatic heterocycles. The molecule has 2 aromatic carbocycles. The van der Waals surface area contributed by atoms with Gasteiger partial charge in [0.2, 0.25) is 0 Å². The lowest BCUT2D eigenvalue weighted by molar-refractivity contribution is -0.280. The van der Waals surface area contributed by atoms with Crippen molar-refractivity contribution in [3.8, 4) is 5.75 Å². The van der Waals surface area contributed by atoms with Crippen molar-refractivity contribution in [3.63, 3.8) is 0 Å². The molecule has 0 aromatic heterocycles. The van der Waals surface area contributed by atoms with Gasteiger partial charge in [0.25, 0.3) is 0 Å². The van der Waals surface area contributed by atoms with Gasteiger partial charge in [-0.1, -0.05) is 30.3 Å². The van der Waals surface area contributed by atoms with Crippen LogP contribution in [-0.2, 0) is 4.74 Å². The highest BCUT2D eigenvalue weighted by Gasteiger charge is 2.45. The second-order valence-electron chi connectivity index (χ2n) is 5.78. The Kier molecular flexibility index (Phi) is 4.89. The molecule has 0 spiro atoms. The molecule has 0 aliphatic carbocycles. The van der Waals surface area contributed by atoms with Crippen LogP contribution in [0, 0.1) is 0 Å². The summed E-state index contributed by atoms with van der Waals surface area (Å²) in [5.41, 5.74) is -0.128. The molecule has 1 fully saturated rings. The maximum Gasteiger partial charge on any atom is 0.340 e. The van der Waals surface area contributed by atoms with Crippen LogP contribution in [0.2, 0.25) is 0 Å². The summed E-state index contributed by atoms with van der Waals surface area (Å²) in [6, 6.07) is 9.87. The Hall–Kier alpha value is -2.23. The highest BCUT2D eigenvalue weighted by atomic mass is 16.7. The average molecular weight is 350 g/mol. The molecule has 8 nitrogen and oxygen atoms in total. The van der Waals surface area contributed by atoms with E-state index in [1.165, 1.54) is 6.07 Å². The average Bonchev–Trinajstić information content (AvgIpc) is 2.61. The maximum atomic E-state index is 11.7. The number of fused-ring (bicyclic) bond motifs is 1. The van der Waals surface area contributed by atoms with Crippen LogP contribution < -0.4 is 4.74 Å². The largest absolute Gasteiger partial charge is 0.481 e. The Morgan fingerprint density at radius 3 is 2.48 bits per heavy atom. The van der Waals surface area contributed by atoms with Crippen LogP contribution in [0.3, 0.4) is 0 Å². The Morgan fingerprint density at radius 1 is 1.08 bits per heavy atom. The molecule has 0 amide bonds. The van der Waals surface area contributed by atoms with E-state index in [1.807, 2.05) is 0 Å². The first-order chi connectivity index (χ1) is 11.9. The summed E-state index contributed by atoms with van der Waals surface area (Å²) in [6.45, 7) is -0.599. The molecule has 1 aliphatic rings. The van der Waals surface area contributed by atoms with Gasteiger partial charge in [-0.25, -0.2) is 4.79 Å². The van der Waals surface area contributed by atoms with Crippen molar-refractivity contribution in [2.45, 2.75) is 30.7 Å². The molecule has 8 heteroatoms. The van der Waals surface area contributed by atoms with Gasteiger partial charge in [0.05, 0.1) is 6.61 Å². The van der Waals surface area contributed by atoms with Gasteiger partial charge in [0.15, 0.2) is 12.4 Å². The van der Waals surface area contributed by atoms with E-state index in [0.717, 1.165) is 0 Å². The molecule has 2 aromatic rings. The number of hydrogen-bond acceptors (Lipinski definition) is 7. The molecule has 1 heterocycles. The standard InChI is InChI=1S/C17H18O8/c18-7-11-13(19)14(20)15(17(23)25-11)24-10-6-5-8-3-1-2-4-9(8)12(10)16(21)22/h1-6,11,13-15,17-20,23H,7H2,(H,21,22)/t11-,13-,14+,15-,17-/m1/s1. The van der Waals surface area contributed by atoms with Gasteiger partial charge in [-0.3, -0.25) is 0 Å². The number of hydrogen-bond donors (Lipinski definition) is 5. The van der Waals surface area contributed by atoms with E-state index < -0.39 is 43.3 Å². The fourth-order valence-corrected chi connectivity index (χ4v) is 2.92. The number of aliphatic hydroxyl groups excluding tert-OH is 4. The zero-order chi connectivity index (χ0) is 18.1. The number of ether oxygens (including phenoxy) is 2. The Labute approximate surface area is 142 Å². The van der Waals surface area contributed by atoms with Crippen molar-refractivity contribution in [3.05, 3.63) is 42.0 Å². The Morgan fingerprint density at radius 2 is 1.80 bits per heavy atom. The summed E-state index contributed by atoms with van der Waals surface area (Å²) in [4.78, 5) is 11.7. The molecule has 25 heavy (non-hydrogen) atoms. The number of aromatic carboxylic acids is 1. The lowest BCUT2D eigenvalue weighted by atomic mass is 9.98. The molecule has 0 bridgehead atoms. The van der Waals surface area contributed by atoms with Crippen LogP contribution in [0.5, 0.6) is 5.75 Å². The quantitative estimate of drug-likeness (QED) is 0.508. The topological polar surface area (TPSA) is 137 Å². The molecular formula is C17H18O8. The van der Waals surface area contributed by atoms with Crippen LogP contribution in [0.15, 0.2) is 36.4 Å². The van der Waals surface area contributed by atoms with E-state index in [4.69, 9.17) is 14.6 Å². The van der Waals surface area contributed by atoms with E-state index in [0.29, 0.717) is 10.8 Å². The Bertz CT molecular complexity index is 776. The summed E-state index contributed by atoms with van der Waals surface area (Å²) in [6.07, 6.45) is -7.30. The second kappa shape index (κ2) is 6.95. The van der Waals surface area contributed by atoms with E-state index >= 15 is 0 Å². The predicted molar refractivity (Wildman–Crippen MR) is 85.3 cm³/mol. The van der Waals surface area contributed by atoms with Gasteiger partial charge in [0, 0.05) is 0 Å². The van der Waals surface area contributed by atoms with E-state index in [2.05, 4.69) is 0 Å². The molecule has 0 saturated carbocycles. The van der Waals surface area contributed by atoms with Gasteiger partial charge in [0.1, 0.15) is 29.6 Å². The SMILES string of the molecule is O=C(O)c1c(O[C@@H]2[C@@H](O)[C@H](O)[C@@H](CO)O[C@H]2O)ccc2ccccc12. The van der Waals surface area contributed by atoms with Crippen molar-refractivity contribution in [2.24, 2.45) is 0 Å². The number of carboxylic acids is 1. The van der Waals surface area contributed by atoms with E-state index in [-0.39, 0.29) is 11.3 Å². The Balaban J connectivity index is 1.97. The zero-order valence-corrected chi connectivity index (χ0v) is 13.0. The van der Waals surface area contributed by atoms with Gasteiger partial charge in [-0.15, -0.1) is 0 Å². The lowest BCUT2D eigenvalue weighted by Crippen LogP contribution is -2.60. The summed E-state index contributed by atoms with van der Waals surface area (Å²) in [5.74, 6) is -1.31. The molecule has 0 unspecified atom stereocenters. The maximum absolute atomic E-state index is 11.7. The normalized spacial score (nSPS) is 29.5. The number of benzene rings is 2. The van der Waals surface area contributed by atoms with Gasteiger partial charge < -0.3 is 35.0 Å². The lowest BCUT2D eigenvalue weighted by Gasteiger charge is -2.39. The van der Waals surface area contributed by atoms with E-state index in [9.17, 15) is 25.2 Å². The molecular weight excluding hydrogens is 332 g/mol. The molecule has 1 saturated heterocycles. The molecule has 5 atom stereocenters. The first-order valence-corrected chi connectivity index (χ1v) is 7.66. The summed E-state index contributed by atoms with van der Waals surface area (Å²) in [5, 5.41) is 49.8. The zero-order valence-electron chi connectivity index (χ0n) is 13.0. The third kappa shape index (κ3) is 3.17. The van der Waals surface area contributed by atoms with Crippen LogP contribution in [0.25, 0.3) is 10.8 Å². The van der Waals surface area contributed by atoms with Gasteiger partial charge >= 0.3 is 5.97 Å². The third-order valence-electron chi connectivity index (χ3n) is 4.21. The number of aliphatic hydroxyl groups is 4. The fourth-order valence-electron chi connectivity index (χ4n) is 2.92. The number of carbonyl (C=O) groups is 1. The summed E-state index contributed by atoms with van der Waals surface area (Å²) in [7, 11) is 0. The van der Waals surface area contributed by atoms with Crippen molar-refractivity contribution >= 4 is 16.7 Å². The monoisotopic (exact) mass is 350 g/mol. The first kappa shape index (κ1) is 17.6. The van der Waals surface area contributed by atoms with Crippen molar-refractivity contribution in [1.82, 2.24) is 0 Å². The van der Waals surface area contributed by atoms with Crippen LogP contribution in [0.1, 0.15) is 10.4 Å². The van der Waals surface area contributed by atoms with Crippen LogP contribution >= 0.6 is 0 Å².